The van der Waals surface area contributed by atoms with Gasteiger partial charge in [0.1, 0.15) is 6.04 Å². The molecule has 1 fully saturated rings. The van der Waals surface area contributed by atoms with E-state index < -0.39 is 23.3 Å². The van der Waals surface area contributed by atoms with E-state index in [-0.39, 0.29) is 17.7 Å². The molecule has 2 atom stereocenters. The molecule has 0 saturated carbocycles. The topological polar surface area (TPSA) is 86.7 Å². The maximum atomic E-state index is 12.1. The molecule has 0 aromatic rings. The highest BCUT2D eigenvalue weighted by Gasteiger charge is 2.39. The maximum absolute atomic E-state index is 12.1. The first-order valence-corrected chi connectivity index (χ1v) is 6.86. The Morgan fingerprint density at radius 1 is 1.20 bits per heavy atom. The highest BCUT2D eigenvalue weighted by Crippen LogP contribution is 2.24. The van der Waals surface area contributed by atoms with Gasteiger partial charge in [0.2, 0.25) is 11.8 Å². The summed E-state index contributed by atoms with van der Waals surface area (Å²) in [6, 6.07) is -0.581. The number of carboxylic acid groups (broad SMARTS) is 1. The van der Waals surface area contributed by atoms with Crippen molar-refractivity contribution in [2.75, 3.05) is 13.1 Å². The molecule has 1 saturated heterocycles. The molecule has 1 aliphatic heterocycles. The van der Waals surface area contributed by atoms with E-state index in [1.807, 2.05) is 0 Å². The quantitative estimate of drug-likeness (QED) is 0.796. The van der Waals surface area contributed by atoms with Crippen LogP contribution in [0.3, 0.4) is 0 Å². The van der Waals surface area contributed by atoms with Crippen molar-refractivity contribution < 1.29 is 19.5 Å². The summed E-state index contributed by atoms with van der Waals surface area (Å²) in [4.78, 5) is 36.3. The van der Waals surface area contributed by atoms with Gasteiger partial charge in [-0.3, -0.25) is 14.4 Å². The lowest BCUT2D eigenvalue weighted by molar-refractivity contribution is -0.151. The van der Waals surface area contributed by atoms with Crippen LogP contribution in [0.25, 0.3) is 0 Å². The lowest BCUT2D eigenvalue weighted by Crippen LogP contribution is -2.58. The third-order valence-corrected chi connectivity index (χ3v) is 3.72. The first kappa shape index (κ1) is 16.5. The Hall–Kier alpha value is -1.59. The number of carbonyl (C=O) groups is 3. The van der Waals surface area contributed by atoms with Crippen molar-refractivity contribution in [2.45, 2.75) is 40.7 Å². The van der Waals surface area contributed by atoms with Gasteiger partial charge in [0, 0.05) is 24.4 Å². The molecule has 0 aromatic carbocycles. The number of hydrogen-bond acceptors (Lipinski definition) is 3. The fourth-order valence-electron chi connectivity index (χ4n) is 1.96. The average molecular weight is 284 g/mol. The zero-order valence-electron chi connectivity index (χ0n) is 12.8. The van der Waals surface area contributed by atoms with Gasteiger partial charge in [-0.1, -0.05) is 27.7 Å². The first-order valence-electron chi connectivity index (χ1n) is 6.86. The van der Waals surface area contributed by atoms with Crippen LogP contribution in [0.15, 0.2) is 0 Å². The molecule has 0 spiro atoms. The molecule has 6 nitrogen and oxygen atoms in total. The SMILES string of the molecule is CC(NC(=O)C(C)(C)C)C(=O)N1CC(C(C)C(=O)O)C1. The van der Waals surface area contributed by atoms with Gasteiger partial charge < -0.3 is 15.3 Å². The van der Waals surface area contributed by atoms with E-state index in [0.29, 0.717) is 13.1 Å². The number of rotatable bonds is 4. The van der Waals surface area contributed by atoms with Crippen LogP contribution in [0.4, 0.5) is 0 Å². The summed E-state index contributed by atoms with van der Waals surface area (Å²) in [5, 5.41) is 11.6. The summed E-state index contributed by atoms with van der Waals surface area (Å²) in [7, 11) is 0. The minimum Gasteiger partial charge on any atom is -0.481 e. The molecule has 0 radical (unpaired) electrons. The lowest BCUT2D eigenvalue weighted by atomic mass is 9.86. The standard InChI is InChI=1S/C14H24N2O4/c1-8(12(18)19)10-6-16(7-10)11(17)9(2)15-13(20)14(3,4)5/h8-10H,6-7H2,1-5H3,(H,15,20)(H,18,19). The summed E-state index contributed by atoms with van der Waals surface area (Å²) in [6.45, 7) is 9.55. The minimum absolute atomic E-state index is 0.00182. The predicted octanol–water partition coefficient (Wildman–Crippen LogP) is 0.716. The number of hydrogen-bond donors (Lipinski definition) is 2. The normalized spacial score (nSPS) is 18.9. The monoisotopic (exact) mass is 284 g/mol. The Morgan fingerprint density at radius 2 is 1.70 bits per heavy atom. The summed E-state index contributed by atoms with van der Waals surface area (Å²) >= 11 is 0. The van der Waals surface area contributed by atoms with Crippen LogP contribution in [0.2, 0.25) is 0 Å². The predicted molar refractivity (Wildman–Crippen MR) is 73.9 cm³/mol. The molecule has 1 rings (SSSR count). The maximum Gasteiger partial charge on any atom is 0.306 e. The van der Waals surface area contributed by atoms with Gasteiger partial charge in [0.15, 0.2) is 0 Å². The number of nitrogens with one attached hydrogen (secondary N) is 1. The van der Waals surface area contributed by atoms with E-state index in [4.69, 9.17) is 5.11 Å². The molecule has 2 N–H and O–H groups in total. The van der Waals surface area contributed by atoms with Crippen LogP contribution >= 0.6 is 0 Å². The number of nitrogens with zero attached hydrogens (tertiary/aromatic N) is 1. The molecule has 2 unspecified atom stereocenters. The van der Waals surface area contributed by atoms with Gasteiger partial charge in [0.05, 0.1) is 5.92 Å². The summed E-state index contributed by atoms with van der Waals surface area (Å²) in [5.41, 5.74) is -0.538. The minimum atomic E-state index is -0.837. The Kier molecular flexibility index (Phi) is 4.78. The molecular formula is C14H24N2O4. The molecule has 1 heterocycles. The van der Waals surface area contributed by atoms with Crippen LogP contribution < -0.4 is 5.32 Å². The fraction of sp³-hybridized carbons (Fsp3) is 0.786. The lowest BCUT2D eigenvalue weighted by Gasteiger charge is -2.42. The van der Waals surface area contributed by atoms with Gasteiger partial charge in [-0.2, -0.15) is 0 Å². The Bertz CT molecular complexity index is 408. The number of carbonyl (C=O) groups excluding carboxylic acids is 2. The van der Waals surface area contributed by atoms with Crippen molar-refractivity contribution in [2.24, 2.45) is 17.3 Å². The second-order valence-electron chi connectivity index (χ2n) is 6.58. The molecule has 0 bridgehead atoms. The van der Waals surface area contributed by atoms with Gasteiger partial charge in [-0.05, 0) is 6.92 Å². The molecule has 2 amide bonds. The summed E-state index contributed by atoms with van der Waals surface area (Å²) < 4.78 is 0. The second-order valence-corrected chi connectivity index (χ2v) is 6.58. The zero-order chi connectivity index (χ0) is 15.7. The third kappa shape index (κ3) is 3.71. The van der Waals surface area contributed by atoms with Gasteiger partial charge >= 0.3 is 5.97 Å². The Morgan fingerprint density at radius 3 is 2.10 bits per heavy atom. The number of aliphatic carboxylic acids is 1. The number of likely N-dealkylation sites (tertiary alicyclic amines) is 1. The van der Waals surface area contributed by atoms with Crippen molar-refractivity contribution in [3.8, 4) is 0 Å². The van der Waals surface area contributed by atoms with E-state index in [0.717, 1.165) is 0 Å². The van der Waals surface area contributed by atoms with Crippen LogP contribution in [0.5, 0.6) is 0 Å². The van der Waals surface area contributed by atoms with E-state index in [1.165, 1.54) is 0 Å². The molecular weight excluding hydrogens is 260 g/mol. The van der Waals surface area contributed by atoms with E-state index >= 15 is 0 Å². The highest BCUT2D eigenvalue weighted by atomic mass is 16.4. The molecule has 0 aromatic heterocycles. The Balaban J connectivity index is 2.45. The molecule has 0 aliphatic carbocycles. The first-order chi connectivity index (χ1) is 9.04. The van der Waals surface area contributed by atoms with Crippen LogP contribution in [-0.2, 0) is 14.4 Å². The summed E-state index contributed by atoms with van der Waals surface area (Å²) in [6.07, 6.45) is 0. The van der Waals surface area contributed by atoms with Crippen molar-refractivity contribution in [1.82, 2.24) is 10.2 Å². The van der Waals surface area contributed by atoms with Gasteiger partial charge in [-0.15, -0.1) is 0 Å². The van der Waals surface area contributed by atoms with Crippen LogP contribution in [0, 0.1) is 17.3 Å². The van der Waals surface area contributed by atoms with E-state index in [9.17, 15) is 14.4 Å². The van der Waals surface area contributed by atoms with Crippen molar-refractivity contribution in [1.29, 1.82) is 0 Å². The van der Waals surface area contributed by atoms with Crippen LogP contribution in [0.1, 0.15) is 34.6 Å². The fourth-order valence-corrected chi connectivity index (χ4v) is 1.96. The van der Waals surface area contributed by atoms with Gasteiger partial charge in [-0.25, -0.2) is 0 Å². The molecule has 6 heteroatoms. The van der Waals surface area contributed by atoms with Gasteiger partial charge in [0.25, 0.3) is 0 Å². The van der Waals surface area contributed by atoms with Crippen molar-refractivity contribution in [3.63, 3.8) is 0 Å². The molecule has 1 aliphatic rings. The zero-order valence-corrected chi connectivity index (χ0v) is 12.8. The van der Waals surface area contributed by atoms with Crippen molar-refractivity contribution >= 4 is 17.8 Å². The number of carboxylic acids is 1. The largest absolute Gasteiger partial charge is 0.481 e. The highest BCUT2D eigenvalue weighted by molar-refractivity contribution is 5.89. The average Bonchev–Trinajstić information content (AvgIpc) is 2.24. The third-order valence-electron chi connectivity index (χ3n) is 3.72. The molecule has 20 heavy (non-hydrogen) atoms. The second kappa shape index (κ2) is 5.81. The van der Waals surface area contributed by atoms with Crippen molar-refractivity contribution in [3.05, 3.63) is 0 Å². The Labute approximate surface area is 119 Å². The number of amides is 2. The smallest absolute Gasteiger partial charge is 0.306 e. The van der Waals surface area contributed by atoms with E-state index in [2.05, 4.69) is 5.32 Å². The summed E-state index contributed by atoms with van der Waals surface area (Å²) in [5.74, 6) is -1.61. The molecule has 114 valence electrons. The van der Waals surface area contributed by atoms with Crippen LogP contribution in [-0.4, -0.2) is 46.9 Å². The van der Waals surface area contributed by atoms with E-state index in [1.54, 1.807) is 39.5 Å².